The van der Waals surface area contributed by atoms with Gasteiger partial charge in [-0.3, -0.25) is 4.98 Å². The van der Waals surface area contributed by atoms with Gasteiger partial charge in [-0.2, -0.15) is 0 Å². The lowest BCUT2D eigenvalue weighted by Crippen LogP contribution is -2.25. The zero-order valence-electron chi connectivity index (χ0n) is 16.8. The molecule has 0 fully saturated rings. The molecule has 1 N–H and O–H groups in total. The number of methoxy groups -OCH3 is 1. The van der Waals surface area contributed by atoms with Crippen LogP contribution in [0, 0.1) is 0 Å². The number of hydrogen-bond acceptors (Lipinski definition) is 7. The molecule has 32 heavy (non-hydrogen) atoms. The van der Waals surface area contributed by atoms with Crippen molar-refractivity contribution in [2.75, 3.05) is 7.11 Å². The minimum absolute atomic E-state index is 0.0280. The highest BCUT2D eigenvalue weighted by atomic mass is 32.2. The summed E-state index contributed by atoms with van der Waals surface area (Å²) in [5, 5.41) is 0.611. The van der Waals surface area contributed by atoms with Gasteiger partial charge in [0.1, 0.15) is 6.61 Å². The van der Waals surface area contributed by atoms with Crippen LogP contribution in [0.2, 0.25) is 0 Å². The summed E-state index contributed by atoms with van der Waals surface area (Å²) in [7, 11) is 1.57. The monoisotopic (exact) mass is 457 g/mol. The van der Waals surface area contributed by atoms with Crippen LogP contribution < -0.4 is 18.9 Å². The number of aromatic amines is 1. The fourth-order valence-corrected chi connectivity index (χ4v) is 3.97. The molecule has 2 aromatic heterocycles. The Balaban J connectivity index is 1.29. The molecule has 5 rings (SSSR count). The van der Waals surface area contributed by atoms with Crippen molar-refractivity contribution in [2.24, 2.45) is 0 Å². The molecule has 0 bridgehead atoms. The third-order valence-electron chi connectivity index (χ3n) is 4.69. The van der Waals surface area contributed by atoms with Crippen LogP contribution in [-0.2, 0) is 12.4 Å². The minimum atomic E-state index is -3.65. The fourth-order valence-electron chi connectivity index (χ4n) is 3.19. The van der Waals surface area contributed by atoms with Gasteiger partial charge >= 0.3 is 6.29 Å². The van der Waals surface area contributed by atoms with Gasteiger partial charge in [0.15, 0.2) is 28.2 Å². The number of fused-ring (bicyclic) bond motifs is 2. The Bertz CT molecular complexity index is 1220. The van der Waals surface area contributed by atoms with Crippen LogP contribution in [0.4, 0.5) is 8.78 Å². The Hall–Kier alpha value is -3.53. The number of thioether (sulfide) groups is 1. The summed E-state index contributed by atoms with van der Waals surface area (Å²) in [5.41, 5.74) is 2.89. The molecule has 1 aliphatic heterocycles. The zero-order valence-corrected chi connectivity index (χ0v) is 17.6. The molecule has 0 atom stereocenters. The van der Waals surface area contributed by atoms with Gasteiger partial charge in [-0.05, 0) is 5.56 Å². The number of pyridine rings is 1. The van der Waals surface area contributed by atoms with E-state index in [9.17, 15) is 8.78 Å². The lowest BCUT2D eigenvalue weighted by Gasteiger charge is -2.11. The quantitative estimate of drug-likeness (QED) is 0.384. The molecule has 0 radical (unpaired) electrons. The predicted octanol–water partition coefficient (Wildman–Crippen LogP) is 5.16. The molecule has 0 aliphatic carbocycles. The summed E-state index contributed by atoms with van der Waals surface area (Å²) in [5.74, 6) is 1.58. The predicted molar refractivity (Wildman–Crippen MR) is 113 cm³/mol. The highest BCUT2D eigenvalue weighted by Crippen LogP contribution is 2.43. The van der Waals surface area contributed by atoms with E-state index in [0.29, 0.717) is 40.0 Å². The SMILES string of the molecule is COc1cnc(CSc2nc3cc4c(cc3[nH]2)OC(F)(F)O4)cc1OCc1ccccc1. The van der Waals surface area contributed by atoms with E-state index in [-0.39, 0.29) is 11.5 Å². The average Bonchev–Trinajstić information content (AvgIpc) is 3.32. The number of alkyl halides is 2. The molecule has 0 spiro atoms. The molecular weight excluding hydrogens is 440 g/mol. The van der Waals surface area contributed by atoms with Crippen molar-refractivity contribution in [3.05, 3.63) is 66.0 Å². The van der Waals surface area contributed by atoms with Crippen molar-refractivity contribution in [1.29, 1.82) is 0 Å². The summed E-state index contributed by atoms with van der Waals surface area (Å²) < 4.78 is 46.7. The fraction of sp³-hybridized carbons (Fsp3) is 0.182. The Kier molecular flexibility index (Phi) is 5.22. The number of nitrogens with zero attached hydrogens (tertiary/aromatic N) is 2. The van der Waals surface area contributed by atoms with Gasteiger partial charge in [-0.1, -0.05) is 42.1 Å². The summed E-state index contributed by atoms with van der Waals surface area (Å²) >= 11 is 1.42. The third kappa shape index (κ3) is 4.26. The first-order valence-electron chi connectivity index (χ1n) is 9.61. The maximum absolute atomic E-state index is 13.2. The Morgan fingerprint density at radius 2 is 1.84 bits per heavy atom. The van der Waals surface area contributed by atoms with E-state index < -0.39 is 6.29 Å². The van der Waals surface area contributed by atoms with Gasteiger partial charge in [0.2, 0.25) is 0 Å². The second kappa shape index (κ2) is 8.19. The first-order chi connectivity index (χ1) is 15.5. The van der Waals surface area contributed by atoms with E-state index in [1.165, 1.54) is 23.9 Å². The number of halogens is 2. The number of rotatable bonds is 7. The van der Waals surface area contributed by atoms with Gasteiger partial charge in [-0.15, -0.1) is 8.78 Å². The van der Waals surface area contributed by atoms with E-state index in [1.807, 2.05) is 36.4 Å². The minimum Gasteiger partial charge on any atom is -0.491 e. The standard InChI is InChI=1S/C22H17F2N3O4S/c1-28-20-10-25-14(7-17(20)29-11-13-5-3-2-4-6-13)12-32-21-26-15-8-18-19(9-16(15)27-21)31-22(23,24)30-18/h2-10H,11-12H2,1H3,(H,26,27). The number of hydrogen-bond donors (Lipinski definition) is 1. The summed E-state index contributed by atoms with van der Waals surface area (Å²) in [6.45, 7) is 0.408. The van der Waals surface area contributed by atoms with Gasteiger partial charge in [0.05, 0.1) is 30.0 Å². The molecule has 10 heteroatoms. The van der Waals surface area contributed by atoms with E-state index in [1.54, 1.807) is 13.3 Å². The van der Waals surface area contributed by atoms with E-state index in [4.69, 9.17) is 9.47 Å². The number of benzene rings is 2. The van der Waals surface area contributed by atoms with Crippen molar-refractivity contribution in [1.82, 2.24) is 15.0 Å². The summed E-state index contributed by atoms with van der Waals surface area (Å²) in [6.07, 6.45) is -2.03. The van der Waals surface area contributed by atoms with Gasteiger partial charge < -0.3 is 23.9 Å². The van der Waals surface area contributed by atoms with E-state index in [0.717, 1.165) is 11.3 Å². The van der Waals surface area contributed by atoms with Gasteiger partial charge in [0, 0.05) is 24.0 Å². The Morgan fingerprint density at radius 1 is 1.06 bits per heavy atom. The Morgan fingerprint density at radius 3 is 2.62 bits per heavy atom. The van der Waals surface area contributed by atoms with Crippen molar-refractivity contribution < 1.29 is 27.7 Å². The van der Waals surface area contributed by atoms with Crippen molar-refractivity contribution in [2.45, 2.75) is 23.8 Å². The van der Waals surface area contributed by atoms with Gasteiger partial charge in [0.25, 0.3) is 0 Å². The van der Waals surface area contributed by atoms with Crippen LogP contribution in [0.3, 0.4) is 0 Å². The molecule has 0 amide bonds. The number of H-pyrrole nitrogens is 1. The molecule has 0 saturated carbocycles. The average molecular weight is 457 g/mol. The van der Waals surface area contributed by atoms with E-state index in [2.05, 4.69) is 24.4 Å². The van der Waals surface area contributed by atoms with Crippen LogP contribution in [0.5, 0.6) is 23.0 Å². The molecule has 0 unspecified atom stereocenters. The molecular formula is C22H17F2N3O4S. The third-order valence-corrected chi connectivity index (χ3v) is 5.59. The van der Waals surface area contributed by atoms with Gasteiger partial charge in [-0.25, -0.2) is 4.98 Å². The maximum Gasteiger partial charge on any atom is 0.586 e. The molecule has 1 aliphatic rings. The van der Waals surface area contributed by atoms with Crippen LogP contribution in [0.15, 0.2) is 59.9 Å². The normalized spacial score (nSPS) is 14.0. The second-order valence-electron chi connectivity index (χ2n) is 6.91. The molecule has 164 valence electrons. The van der Waals surface area contributed by atoms with Crippen molar-refractivity contribution in [3.8, 4) is 23.0 Å². The highest BCUT2D eigenvalue weighted by Gasteiger charge is 2.43. The highest BCUT2D eigenvalue weighted by molar-refractivity contribution is 7.98. The first-order valence-corrected chi connectivity index (χ1v) is 10.6. The Labute approximate surface area is 185 Å². The van der Waals surface area contributed by atoms with Crippen LogP contribution in [-0.4, -0.2) is 28.4 Å². The maximum atomic E-state index is 13.2. The van der Waals surface area contributed by atoms with Crippen LogP contribution in [0.25, 0.3) is 11.0 Å². The van der Waals surface area contributed by atoms with Crippen molar-refractivity contribution in [3.63, 3.8) is 0 Å². The summed E-state index contributed by atoms with van der Waals surface area (Å²) in [4.78, 5) is 11.9. The summed E-state index contributed by atoms with van der Waals surface area (Å²) in [6, 6.07) is 14.5. The number of aromatic nitrogens is 3. The largest absolute Gasteiger partial charge is 0.586 e. The molecule has 7 nitrogen and oxygen atoms in total. The number of nitrogens with one attached hydrogen (secondary N) is 1. The van der Waals surface area contributed by atoms with Crippen LogP contribution in [0.1, 0.15) is 11.3 Å². The molecule has 0 saturated heterocycles. The number of ether oxygens (including phenoxy) is 4. The van der Waals surface area contributed by atoms with E-state index >= 15 is 0 Å². The molecule has 4 aromatic rings. The second-order valence-corrected chi connectivity index (χ2v) is 7.88. The zero-order chi connectivity index (χ0) is 22.1. The molecule has 2 aromatic carbocycles. The smallest absolute Gasteiger partial charge is 0.491 e. The number of imidazole rings is 1. The topological polar surface area (TPSA) is 78.5 Å². The molecule has 3 heterocycles. The lowest BCUT2D eigenvalue weighted by molar-refractivity contribution is -0.286. The lowest BCUT2D eigenvalue weighted by atomic mass is 10.2. The van der Waals surface area contributed by atoms with Crippen LogP contribution >= 0.6 is 11.8 Å². The first kappa shape index (κ1) is 20.4. The van der Waals surface area contributed by atoms with Crippen molar-refractivity contribution >= 4 is 22.8 Å².